The lowest BCUT2D eigenvalue weighted by molar-refractivity contribution is -0.122. The second-order valence-corrected chi connectivity index (χ2v) is 7.79. The van der Waals surface area contributed by atoms with Gasteiger partial charge in [-0.05, 0) is 35.7 Å². The number of benzene rings is 2. The highest BCUT2D eigenvalue weighted by Gasteiger charge is 2.36. The van der Waals surface area contributed by atoms with Crippen LogP contribution in [0.25, 0.3) is 0 Å². The third-order valence-corrected chi connectivity index (χ3v) is 5.29. The summed E-state index contributed by atoms with van der Waals surface area (Å²) in [7, 11) is 0. The van der Waals surface area contributed by atoms with Crippen LogP contribution >= 0.6 is 0 Å². The molecule has 7 nitrogen and oxygen atoms in total. The van der Waals surface area contributed by atoms with E-state index in [1.165, 1.54) is 0 Å². The van der Waals surface area contributed by atoms with E-state index in [2.05, 4.69) is 5.32 Å². The molecule has 156 valence electrons. The summed E-state index contributed by atoms with van der Waals surface area (Å²) in [6.07, 6.45) is 0.814. The maximum Gasteiger partial charge on any atom is 0.262 e. The van der Waals surface area contributed by atoms with Gasteiger partial charge in [0, 0.05) is 6.42 Å². The van der Waals surface area contributed by atoms with Crippen molar-refractivity contribution >= 4 is 17.7 Å². The van der Waals surface area contributed by atoms with Crippen LogP contribution in [0.1, 0.15) is 52.6 Å². The number of carbonyl (C=O) groups excluding carboxylic acids is 3. The average Bonchev–Trinajstić information content (AvgIpc) is 2.90. The lowest BCUT2D eigenvalue weighted by atomic mass is 9.95. The molecule has 0 radical (unpaired) electrons. The van der Waals surface area contributed by atoms with Crippen molar-refractivity contribution in [2.45, 2.75) is 26.3 Å². The molecule has 0 spiro atoms. The Bertz CT molecular complexity index is 966. The molecule has 0 fully saturated rings. The fourth-order valence-corrected chi connectivity index (χ4v) is 3.75. The lowest BCUT2D eigenvalue weighted by Crippen LogP contribution is -2.42. The van der Waals surface area contributed by atoms with E-state index in [1.807, 2.05) is 32.0 Å². The van der Waals surface area contributed by atoms with Crippen molar-refractivity contribution in [3.05, 3.63) is 59.2 Å². The van der Waals surface area contributed by atoms with Gasteiger partial charge >= 0.3 is 0 Å². The van der Waals surface area contributed by atoms with Crippen molar-refractivity contribution < 1.29 is 23.9 Å². The number of hydrogen-bond acceptors (Lipinski definition) is 5. The SMILES string of the molecule is CC(C)C(NC(=O)CN1C(=O)c2ccccc2C1=O)c1ccc2c(c1)OCCCO2. The number of nitrogens with one attached hydrogen (secondary N) is 1. The van der Waals surface area contributed by atoms with Crippen molar-refractivity contribution in [1.82, 2.24) is 10.2 Å². The summed E-state index contributed by atoms with van der Waals surface area (Å²) < 4.78 is 11.4. The molecule has 3 amide bonds. The summed E-state index contributed by atoms with van der Waals surface area (Å²) >= 11 is 0. The van der Waals surface area contributed by atoms with Crippen molar-refractivity contribution in [2.75, 3.05) is 19.8 Å². The molecule has 1 N–H and O–H groups in total. The zero-order valence-corrected chi connectivity index (χ0v) is 17.0. The molecule has 0 saturated carbocycles. The van der Waals surface area contributed by atoms with Gasteiger partial charge in [0.1, 0.15) is 6.54 Å². The topological polar surface area (TPSA) is 84.9 Å². The van der Waals surface area contributed by atoms with E-state index in [9.17, 15) is 14.4 Å². The van der Waals surface area contributed by atoms with Crippen LogP contribution in [0.5, 0.6) is 11.5 Å². The second-order valence-electron chi connectivity index (χ2n) is 7.79. The second kappa shape index (κ2) is 8.18. The van der Waals surface area contributed by atoms with Crippen LogP contribution in [-0.4, -0.2) is 42.4 Å². The molecule has 2 aromatic carbocycles. The Balaban J connectivity index is 1.49. The van der Waals surface area contributed by atoms with Crippen molar-refractivity contribution in [3.8, 4) is 11.5 Å². The number of carbonyl (C=O) groups is 3. The Hall–Kier alpha value is -3.35. The number of imide groups is 1. The molecule has 0 aromatic heterocycles. The smallest absolute Gasteiger partial charge is 0.262 e. The summed E-state index contributed by atoms with van der Waals surface area (Å²) in [5.41, 5.74) is 1.54. The van der Waals surface area contributed by atoms with E-state index in [4.69, 9.17) is 9.47 Å². The number of fused-ring (bicyclic) bond motifs is 2. The third kappa shape index (κ3) is 3.75. The number of rotatable bonds is 5. The Morgan fingerprint density at radius 3 is 2.27 bits per heavy atom. The molecule has 1 atom stereocenters. The lowest BCUT2D eigenvalue weighted by Gasteiger charge is -2.25. The first kappa shape index (κ1) is 19.9. The van der Waals surface area contributed by atoms with Gasteiger partial charge in [-0.1, -0.05) is 32.0 Å². The molecular formula is C23H24N2O5. The monoisotopic (exact) mass is 408 g/mol. The van der Waals surface area contributed by atoms with E-state index in [-0.39, 0.29) is 18.5 Å². The Morgan fingerprint density at radius 2 is 1.63 bits per heavy atom. The number of amides is 3. The van der Waals surface area contributed by atoms with Crippen molar-refractivity contribution in [3.63, 3.8) is 0 Å². The van der Waals surface area contributed by atoms with Gasteiger partial charge < -0.3 is 14.8 Å². The normalized spacial score (nSPS) is 16.3. The third-order valence-electron chi connectivity index (χ3n) is 5.29. The van der Waals surface area contributed by atoms with E-state index in [0.29, 0.717) is 35.8 Å². The first-order valence-electron chi connectivity index (χ1n) is 10.1. The molecule has 2 aromatic rings. The van der Waals surface area contributed by atoms with E-state index < -0.39 is 17.7 Å². The first-order valence-corrected chi connectivity index (χ1v) is 10.1. The van der Waals surface area contributed by atoms with Gasteiger partial charge in [-0.15, -0.1) is 0 Å². The molecular weight excluding hydrogens is 384 g/mol. The van der Waals surface area contributed by atoms with Gasteiger partial charge in [0.15, 0.2) is 11.5 Å². The highest BCUT2D eigenvalue weighted by atomic mass is 16.5. The molecule has 2 aliphatic heterocycles. The fraction of sp³-hybridized carbons (Fsp3) is 0.348. The van der Waals surface area contributed by atoms with Gasteiger partial charge in [0.05, 0.1) is 30.4 Å². The van der Waals surface area contributed by atoms with Crippen molar-refractivity contribution in [1.29, 1.82) is 0 Å². The molecule has 4 rings (SSSR count). The summed E-state index contributed by atoms with van der Waals surface area (Å²) in [5, 5.41) is 2.97. The van der Waals surface area contributed by atoms with E-state index >= 15 is 0 Å². The number of hydrogen-bond donors (Lipinski definition) is 1. The Morgan fingerprint density at radius 1 is 1.00 bits per heavy atom. The predicted octanol–water partition coefficient (Wildman–Crippen LogP) is 2.96. The molecule has 2 aliphatic rings. The maximum atomic E-state index is 12.8. The van der Waals surface area contributed by atoms with Crippen LogP contribution in [0.4, 0.5) is 0 Å². The first-order chi connectivity index (χ1) is 14.5. The average molecular weight is 408 g/mol. The molecule has 1 unspecified atom stereocenters. The highest BCUT2D eigenvalue weighted by molar-refractivity contribution is 6.22. The van der Waals surface area contributed by atoms with Crippen LogP contribution in [0.2, 0.25) is 0 Å². The van der Waals surface area contributed by atoms with Gasteiger partial charge in [-0.2, -0.15) is 0 Å². The quantitative estimate of drug-likeness (QED) is 0.769. The minimum Gasteiger partial charge on any atom is -0.490 e. The molecule has 2 heterocycles. The molecule has 30 heavy (non-hydrogen) atoms. The zero-order valence-electron chi connectivity index (χ0n) is 17.0. The minimum atomic E-state index is -0.442. The number of ether oxygens (including phenoxy) is 2. The highest BCUT2D eigenvalue weighted by Crippen LogP contribution is 2.34. The summed E-state index contributed by atoms with van der Waals surface area (Å²) in [6, 6.07) is 11.9. The number of nitrogens with zero attached hydrogens (tertiary/aromatic N) is 1. The fourth-order valence-electron chi connectivity index (χ4n) is 3.75. The van der Waals surface area contributed by atoms with Crippen LogP contribution < -0.4 is 14.8 Å². The molecule has 0 saturated heterocycles. The standard InChI is InChI=1S/C23H24N2O5/c1-14(2)21(15-8-9-18-19(12-15)30-11-5-10-29-18)24-20(26)13-25-22(27)16-6-3-4-7-17(16)23(25)28/h3-4,6-9,12,14,21H,5,10-11,13H2,1-2H3,(H,24,26). The van der Waals surface area contributed by atoms with E-state index in [1.54, 1.807) is 24.3 Å². The molecule has 0 bridgehead atoms. The Kier molecular flexibility index (Phi) is 5.44. The maximum absolute atomic E-state index is 12.8. The largest absolute Gasteiger partial charge is 0.490 e. The predicted molar refractivity (Wildman–Crippen MR) is 110 cm³/mol. The van der Waals surface area contributed by atoms with Crippen LogP contribution in [0.3, 0.4) is 0 Å². The summed E-state index contributed by atoms with van der Waals surface area (Å²) in [5.74, 6) is 0.155. The van der Waals surface area contributed by atoms with Crippen LogP contribution in [0.15, 0.2) is 42.5 Å². The molecule has 7 heteroatoms. The molecule has 0 aliphatic carbocycles. The van der Waals surface area contributed by atoms with Gasteiger partial charge in [-0.3, -0.25) is 19.3 Å². The van der Waals surface area contributed by atoms with E-state index in [0.717, 1.165) is 16.9 Å². The van der Waals surface area contributed by atoms with Crippen LogP contribution in [-0.2, 0) is 4.79 Å². The van der Waals surface area contributed by atoms with Crippen molar-refractivity contribution in [2.24, 2.45) is 5.92 Å². The van der Waals surface area contributed by atoms with Gasteiger partial charge in [0.2, 0.25) is 5.91 Å². The summed E-state index contributed by atoms with van der Waals surface area (Å²) in [6.45, 7) is 4.86. The van der Waals surface area contributed by atoms with Gasteiger partial charge in [-0.25, -0.2) is 0 Å². The minimum absolute atomic E-state index is 0.0841. The van der Waals surface area contributed by atoms with Crippen LogP contribution in [0, 0.1) is 5.92 Å². The summed E-state index contributed by atoms with van der Waals surface area (Å²) in [4.78, 5) is 38.8. The van der Waals surface area contributed by atoms with Gasteiger partial charge in [0.25, 0.3) is 11.8 Å². The Labute approximate surface area is 175 Å². The zero-order chi connectivity index (χ0) is 21.3.